The molecule has 1 aliphatic rings. The van der Waals surface area contributed by atoms with E-state index in [1.54, 1.807) is 28.3 Å². The number of ether oxygens (including phenoxy) is 3. The number of nitrogens with zero attached hydrogens (tertiary/aromatic N) is 3. The average Bonchev–Trinajstić information content (AvgIpc) is 2.70. The van der Waals surface area contributed by atoms with E-state index in [4.69, 9.17) is 19.2 Å². The van der Waals surface area contributed by atoms with Crippen molar-refractivity contribution < 1.29 is 19.0 Å². The third kappa shape index (κ3) is 5.18. The molecule has 0 bridgehead atoms. The van der Waals surface area contributed by atoms with Gasteiger partial charge in [-0.15, -0.1) is 0 Å². The molecule has 1 aliphatic heterocycles. The van der Waals surface area contributed by atoms with Gasteiger partial charge in [0.05, 0.1) is 27.9 Å². The minimum absolute atomic E-state index is 0.117. The lowest BCUT2D eigenvalue weighted by Gasteiger charge is -2.36. The van der Waals surface area contributed by atoms with E-state index in [0.29, 0.717) is 36.9 Å². The summed E-state index contributed by atoms with van der Waals surface area (Å²) in [4.78, 5) is 20.3. The first-order valence-corrected chi connectivity index (χ1v) is 9.11. The largest absolute Gasteiger partial charge is 0.496 e. The second kappa shape index (κ2) is 9.89. The molecule has 150 valence electrons. The zero-order valence-corrected chi connectivity index (χ0v) is 16.9. The molecular formula is C19H30N4O4. The summed E-state index contributed by atoms with van der Waals surface area (Å²) in [6, 6.07) is 3.70. The van der Waals surface area contributed by atoms with Gasteiger partial charge in [0.25, 0.3) is 0 Å². The summed E-state index contributed by atoms with van der Waals surface area (Å²) in [5, 5.41) is 3.33. The number of rotatable bonds is 6. The van der Waals surface area contributed by atoms with Crippen LogP contribution in [0.25, 0.3) is 0 Å². The first kappa shape index (κ1) is 20.7. The van der Waals surface area contributed by atoms with Crippen LogP contribution in [0.1, 0.15) is 19.4 Å². The van der Waals surface area contributed by atoms with Crippen LogP contribution in [-0.2, 0) is 11.3 Å². The normalized spacial score (nSPS) is 14.8. The third-order valence-corrected chi connectivity index (χ3v) is 4.55. The second-order valence-electron chi connectivity index (χ2n) is 6.18. The van der Waals surface area contributed by atoms with Crippen LogP contribution in [0.15, 0.2) is 17.1 Å². The molecule has 8 heteroatoms. The van der Waals surface area contributed by atoms with Crippen molar-refractivity contribution in [3.63, 3.8) is 0 Å². The van der Waals surface area contributed by atoms with Crippen molar-refractivity contribution in [2.45, 2.75) is 20.4 Å². The number of guanidine groups is 1. The lowest BCUT2D eigenvalue weighted by atomic mass is 10.1. The number of hydrogen-bond acceptors (Lipinski definition) is 5. The van der Waals surface area contributed by atoms with Gasteiger partial charge in [0.2, 0.25) is 5.91 Å². The third-order valence-electron chi connectivity index (χ3n) is 4.55. The highest BCUT2D eigenvalue weighted by Crippen LogP contribution is 2.34. The Morgan fingerprint density at radius 3 is 2.07 bits per heavy atom. The molecule has 8 nitrogen and oxygen atoms in total. The fourth-order valence-corrected chi connectivity index (χ4v) is 3.04. The molecule has 1 amide bonds. The highest BCUT2D eigenvalue weighted by molar-refractivity contribution is 5.80. The van der Waals surface area contributed by atoms with E-state index in [9.17, 15) is 4.79 Å². The number of aliphatic imine (C=N–C) groups is 1. The van der Waals surface area contributed by atoms with Gasteiger partial charge in [0.1, 0.15) is 5.75 Å². The van der Waals surface area contributed by atoms with Crippen LogP contribution < -0.4 is 19.5 Å². The van der Waals surface area contributed by atoms with E-state index in [2.05, 4.69) is 10.2 Å². The first-order valence-electron chi connectivity index (χ1n) is 9.11. The molecular weight excluding hydrogens is 348 g/mol. The van der Waals surface area contributed by atoms with Gasteiger partial charge >= 0.3 is 0 Å². The second-order valence-corrected chi connectivity index (χ2v) is 6.18. The Balaban J connectivity index is 2.18. The molecule has 0 radical (unpaired) electrons. The van der Waals surface area contributed by atoms with Crippen molar-refractivity contribution >= 4 is 11.9 Å². The van der Waals surface area contributed by atoms with Crippen LogP contribution in [0.5, 0.6) is 17.2 Å². The number of hydrogen-bond donors (Lipinski definition) is 1. The van der Waals surface area contributed by atoms with Gasteiger partial charge in [-0.05, 0) is 13.0 Å². The Bertz CT molecular complexity index is 670. The van der Waals surface area contributed by atoms with Gasteiger partial charge < -0.3 is 29.3 Å². The van der Waals surface area contributed by atoms with E-state index in [1.165, 1.54) is 0 Å². The Hall–Kier alpha value is -2.64. The van der Waals surface area contributed by atoms with E-state index >= 15 is 0 Å². The van der Waals surface area contributed by atoms with Gasteiger partial charge in [-0.3, -0.25) is 4.79 Å². The smallest absolute Gasteiger partial charge is 0.219 e. The maximum atomic E-state index is 11.5. The number of amides is 1. The zero-order chi connectivity index (χ0) is 19.8. The van der Waals surface area contributed by atoms with Gasteiger partial charge in [-0.2, -0.15) is 0 Å². The summed E-state index contributed by atoms with van der Waals surface area (Å²) in [5.74, 6) is 2.91. The van der Waals surface area contributed by atoms with Crippen LogP contribution in [-0.4, -0.2) is 75.7 Å². The minimum Gasteiger partial charge on any atom is -0.496 e. The van der Waals surface area contributed by atoms with Crippen LogP contribution in [0.4, 0.5) is 0 Å². The van der Waals surface area contributed by atoms with Gasteiger partial charge in [-0.25, -0.2) is 4.99 Å². The SMILES string of the molecule is CCNC(=NCc1cc(OC)c(OC)cc1OC)N1CCN(C(C)=O)CC1. The number of piperazine rings is 1. The van der Waals surface area contributed by atoms with Crippen molar-refractivity contribution in [2.75, 3.05) is 54.1 Å². The number of methoxy groups -OCH3 is 3. The van der Waals surface area contributed by atoms with Gasteiger partial charge in [0.15, 0.2) is 17.5 Å². The number of carbonyl (C=O) groups is 1. The Labute approximate surface area is 161 Å². The summed E-state index contributed by atoms with van der Waals surface area (Å²) in [6.07, 6.45) is 0. The van der Waals surface area contributed by atoms with Gasteiger partial charge in [0, 0.05) is 51.3 Å². The average molecular weight is 378 g/mol. The molecule has 0 aliphatic carbocycles. The van der Waals surface area contributed by atoms with Crippen LogP contribution in [0, 0.1) is 0 Å². The topological polar surface area (TPSA) is 75.6 Å². The fourth-order valence-electron chi connectivity index (χ4n) is 3.04. The molecule has 27 heavy (non-hydrogen) atoms. The molecule has 1 N–H and O–H groups in total. The summed E-state index contributed by atoms with van der Waals surface area (Å²) in [6.45, 7) is 7.80. The first-order chi connectivity index (χ1) is 13.0. The molecule has 0 saturated carbocycles. The summed E-state index contributed by atoms with van der Waals surface area (Å²) >= 11 is 0. The highest BCUT2D eigenvalue weighted by atomic mass is 16.5. The van der Waals surface area contributed by atoms with Crippen LogP contribution >= 0.6 is 0 Å². The van der Waals surface area contributed by atoms with Crippen molar-refractivity contribution in [3.05, 3.63) is 17.7 Å². The fraction of sp³-hybridized carbons (Fsp3) is 0.579. The van der Waals surface area contributed by atoms with Gasteiger partial charge in [-0.1, -0.05) is 0 Å². The molecule has 1 heterocycles. The molecule has 1 saturated heterocycles. The molecule has 1 aromatic rings. The Kier molecular flexibility index (Phi) is 7.57. The van der Waals surface area contributed by atoms with E-state index in [1.807, 2.05) is 24.0 Å². The molecule has 2 rings (SSSR count). The predicted molar refractivity (Wildman–Crippen MR) is 105 cm³/mol. The maximum Gasteiger partial charge on any atom is 0.219 e. The molecule has 0 aromatic heterocycles. The highest BCUT2D eigenvalue weighted by Gasteiger charge is 2.21. The number of benzene rings is 1. The van der Waals surface area contributed by atoms with Crippen molar-refractivity contribution in [1.29, 1.82) is 0 Å². The van der Waals surface area contributed by atoms with Crippen LogP contribution in [0.2, 0.25) is 0 Å². The Morgan fingerprint density at radius 2 is 1.56 bits per heavy atom. The number of nitrogens with one attached hydrogen (secondary N) is 1. The monoisotopic (exact) mass is 378 g/mol. The van der Waals surface area contributed by atoms with Crippen molar-refractivity contribution in [2.24, 2.45) is 4.99 Å². The molecule has 0 spiro atoms. The summed E-state index contributed by atoms with van der Waals surface area (Å²) in [5.41, 5.74) is 0.910. The zero-order valence-electron chi connectivity index (χ0n) is 16.9. The van der Waals surface area contributed by atoms with E-state index in [-0.39, 0.29) is 5.91 Å². The maximum absolute atomic E-state index is 11.5. The van der Waals surface area contributed by atoms with E-state index < -0.39 is 0 Å². The Morgan fingerprint density at radius 1 is 1.00 bits per heavy atom. The minimum atomic E-state index is 0.117. The molecule has 1 fully saturated rings. The predicted octanol–water partition coefficient (Wildman–Crippen LogP) is 1.34. The van der Waals surface area contributed by atoms with Crippen LogP contribution in [0.3, 0.4) is 0 Å². The quantitative estimate of drug-likeness (QED) is 0.595. The summed E-state index contributed by atoms with van der Waals surface area (Å²) < 4.78 is 16.2. The van der Waals surface area contributed by atoms with Crippen molar-refractivity contribution in [1.82, 2.24) is 15.1 Å². The molecule has 0 unspecified atom stereocenters. The van der Waals surface area contributed by atoms with E-state index in [0.717, 1.165) is 31.2 Å². The lowest BCUT2D eigenvalue weighted by molar-refractivity contribution is -0.130. The molecule has 0 atom stereocenters. The van der Waals surface area contributed by atoms with Crippen molar-refractivity contribution in [3.8, 4) is 17.2 Å². The number of carbonyl (C=O) groups excluding carboxylic acids is 1. The summed E-state index contributed by atoms with van der Waals surface area (Å²) in [7, 11) is 4.83. The molecule has 1 aromatic carbocycles. The lowest BCUT2D eigenvalue weighted by Crippen LogP contribution is -2.53. The standard InChI is InChI=1S/C19H30N4O4/c1-6-20-19(23-9-7-22(8-10-23)14(2)24)21-13-15-11-17(26-4)18(27-5)12-16(15)25-3/h11-12H,6-10,13H2,1-5H3,(H,20,21).